The zero-order chi connectivity index (χ0) is 14.5. The van der Waals surface area contributed by atoms with Crippen molar-refractivity contribution in [2.45, 2.75) is 32.7 Å². The van der Waals surface area contributed by atoms with Gasteiger partial charge in [-0.3, -0.25) is 9.69 Å². The van der Waals surface area contributed by atoms with E-state index in [4.69, 9.17) is 4.74 Å². The number of rotatable bonds is 5. The van der Waals surface area contributed by atoms with E-state index in [0.717, 1.165) is 30.8 Å². The standard InChI is InChI=1S/C16H23NO3/c1-3-20-14-8-6-13(7-9-14)15(16(18)19)17-10-4-5-12(2)11-17/h6-9,12,15H,3-5,10-11H2,1-2H3,(H,18,19). The molecule has 2 rings (SSSR count). The quantitative estimate of drug-likeness (QED) is 0.899. The average Bonchev–Trinajstić information content (AvgIpc) is 2.41. The van der Waals surface area contributed by atoms with Crippen molar-refractivity contribution in [1.82, 2.24) is 4.90 Å². The molecule has 20 heavy (non-hydrogen) atoms. The van der Waals surface area contributed by atoms with Crippen molar-refractivity contribution in [3.05, 3.63) is 29.8 Å². The van der Waals surface area contributed by atoms with E-state index in [2.05, 4.69) is 11.8 Å². The predicted molar refractivity (Wildman–Crippen MR) is 78.0 cm³/mol. The summed E-state index contributed by atoms with van der Waals surface area (Å²) in [6.07, 6.45) is 2.26. The van der Waals surface area contributed by atoms with E-state index >= 15 is 0 Å². The Morgan fingerprint density at radius 2 is 2.15 bits per heavy atom. The van der Waals surface area contributed by atoms with E-state index in [1.165, 1.54) is 6.42 Å². The van der Waals surface area contributed by atoms with Gasteiger partial charge in [0, 0.05) is 6.54 Å². The minimum Gasteiger partial charge on any atom is -0.494 e. The van der Waals surface area contributed by atoms with Gasteiger partial charge in [-0.25, -0.2) is 0 Å². The number of hydrogen-bond donors (Lipinski definition) is 1. The summed E-state index contributed by atoms with van der Waals surface area (Å²) < 4.78 is 5.40. The number of benzene rings is 1. The summed E-state index contributed by atoms with van der Waals surface area (Å²) in [5.41, 5.74) is 0.829. The maximum Gasteiger partial charge on any atom is 0.325 e. The van der Waals surface area contributed by atoms with E-state index in [1.807, 2.05) is 31.2 Å². The number of carboxylic acids is 1. The first-order valence-electron chi connectivity index (χ1n) is 7.31. The lowest BCUT2D eigenvalue weighted by Gasteiger charge is -2.35. The monoisotopic (exact) mass is 277 g/mol. The Kier molecular flexibility index (Phi) is 5.01. The number of hydrogen-bond acceptors (Lipinski definition) is 3. The molecule has 1 heterocycles. The second-order valence-electron chi connectivity index (χ2n) is 5.49. The molecule has 4 heteroatoms. The van der Waals surface area contributed by atoms with Gasteiger partial charge in [-0.15, -0.1) is 0 Å². The fourth-order valence-electron chi connectivity index (χ4n) is 2.88. The molecule has 1 saturated heterocycles. The molecule has 1 aliphatic rings. The molecule has 2 atom stereocenters. The van der Waals surface area contributed by atoms with Crippen molar-refractivity contribution >= 4 is 5.97 Å². The summed E-state index contributed by atoms with van der Waals surface area (Å²) in [5.74, 6) is 0.573. The van der Waals surface area contributed by atoms with Crippen LogP contribution in [0.2, 0.25) is 0 Å². The minimum atomic E-state index is -0.775. The number of aliphatic carboxylic acids is 1. The maximum atomic E-state index is 11.6. The van der Waals surface area contributed by atoms with E-state index < -0.39 is 12.0 Å². The predicted octanol–water partition coefficient (Wildman–Crippen LogP) is 2.94. The fraction of sp³-hybridized carbons (Fsp3) is 0.562. The van der Waals surface area contributed by atoms with Crippen LogP contribution in [-0.4, -0.2) is 35.7 Å². The smallest absolute Gasteiger partial charge is 0.325 e. The van der Waals surface area contributed by atoms with Crippen molar-refractivity contribution in [2.75, 3.05) is 19.7 Å². The summed E-state index contributed by atoms with van der Waals surface area (Å²) in [6, 6.07) is 6.88. The van der Waals surface area contributed by atoms with Crippen LogP contribution in [0.5, 0.6) is 5.75 Å². The van der Waals surface area contributed by atoms with Gasteiger partial charge in [0.25, 0.3) is 0 Å². The molecule has 4 nitrogen and oxygen atoms in total. The van der Waals surface area contributed by atoms with Crippen molar-refractivity contribution in [3.63, 3.8) is 0 Å². The third-order valence-corrected chi connectivity index (χ3v) is 3.79. The summed E-state index contributed by atoms with van der Waals surface area (Å²) >= 11 is 0. The molecule has 1 aromatic carbocycles. The minimum absolute atomic E-state index is 0.548. The number of ether oxygens (including phenoxy) is 1. The van der Waals surface area contributed by atoms with E-state index in [1.54, 1.807) is 0 Å². The van der Waals surface area contributed by atoms with Crippen LogP contribution in [0.25, 0.3) is 0 Å². The van der Waals surface area contributed by atoms with Gasteiger partial charge in [0.05, 0.1) is 6.61 Å². The highest BCUT2D eigenvalue weighted by molar-refractivity contribution is 5.75. The van der Waals surface area contributed by atoms with Gasteiger partial charge < -0.3 is 9.84 Å². The largest absolute Gasteiger partial charge is 0.494 e. The Labute approximate surface area is 120 Å². The molecule has 2 unspecified atom stereocenters. The Balaban J connectivity index is 2.17. The SMILES string of the molecule is CCOc1ccc(C(C(=O)O)N2CCCC(C)C2)cc1. The van der Waals surface area contributed by atoms with Crippen LogP contribution in [-0.2, 0) is 4.79 Å². The lowest BCUT2D eigenvalue weighted by molar-refractivity contribution is -0.144. The zero-order valence-electron chi connectivity index (χ0n) is 12.2. The molecular weight excluding hydrogens is 254 g/mol. The van der Waals surface area contributed by atoms with Gasteiger partial charge in [-0.1, -0.05) is 19.1 Å². The zero-order valence-corrected chi connectivity index (χ0v) is 12.2. The lowest BCUT2D eigenvalue weighted by atomic mass is 9.96. The van der Waals surface area contributed by atoms with Gasteiger partial charge in [0.1, 0.15) is 11.8 Å². The van der Waals surface area contributed by atoms with Crippen molar-refractivity contribution in [3.8, 4) is 5.75 Å². The topological polar surface area (TPSA) is 49.8 Å². The van der Waals surface area contributed by atoms with Crippen LogP contribution in [0.1, 0.15) is 38.3 Å². The molecular formula is C16H23NO3. The van der Waals surface area contributed by atoms with Crippen molar-refractivity contribution < 1.29 is 14.6 Å². The molecule has 110 valence electrons. The average molecular weight is 277 g/mol. The van der Waals surface area contributed by atoms with Gasteiger partial charge in [-0.05, 0) is 49.9 Å². The first-order chi connectivity index (χ1) is 9.61. The summed E-state index contributed by atoms with van der Waals surface area (Å²) in [5, 5.41) is 9.56. The van der Waals surface area contributed by atoms with Crippen LogP contribution in [0.3, 0.4) is 0 Å². The Morgan fingerprint density at radius 1 is 1.45 bits per heavy atom. The lowest BCUT2D eigenvalue weighted by Crippen LogP contribution is -2.40. The molecule has 1 aromatic rings. The fourth-order valence-corrected chi connectivity index (χ4v) is 2.88. The van der Waals surface area contributed by atoms with Crippen molar-refractivity contribution in [2.24, 2.45) is 5.92 Å². The Morgan fingerprint density at radius 3 is 2.70 bits per heavy atom. The van der Waals surface area contributed by atoms with Gasteiger partial charge >= 0.3 is 5.97 Å². The molecule has 0 aliphatic carbocycles. The number of carboxylic acid groups (broad SMARTS) is 1. The molecule has 0 saturated carbocycles. The highest BCUT2D eigenvalue weighted by Crippen LogP contribution is 2.28. The van der Waals surface area contributed by atoms with E-state index in [-0.39, 0.29) is 0 Å². The first-order valence-corrected chi connectivity index (χ1v) is 7.31. The second kappa shape index (κ2) is 6.75. The molecule has 0 radical (unpaired) electrons. The van der Waals surface area contributed by atoms with Crippen LogP contribution in [0.15, 0.2) is 24.3 Å². The third kappa shape index (κ3) is 3.51. The summed E-state index contributed by atoms with van der Waals surface area (Å²) in [4.78, 5) is 13.7. The van der Waals surface area contributed by atoms with E-state index in [9.17, 15) is 9.90 Å². The molecule has 0 aromatic heterocycles. The van der Waals surface area contributed by atoms with Gasteiger partial charge in [0.2, 0.25) is 0 Å². The Bertz CT molecular complexity index is 444. The molecule has 0 bridgehead atoms. The molecule has 1 fully saturated rings. The Hall–Kier alpha value is -1.55. The number of carbonyl (C=O) groups is 1. The highest BCUT2D eigenvalue weighted by atomic mass is 16.5. The number of likely N-dealkylation sites (tertiary alicyclic amines) is 1. The highest BCUT2D eigenvalue weighted by Gasteiger charge is 2.30. The van der Waals surface area contributed by atoms with Crippen LogP contribution >= 0.6 is 0 Å². The maximum absolute atomic E-state index is 11.6. The summed E-state index contributed by atoms with van der Waals surface area (Å²) in [6.45, 7) is 6.44. The molecule has 0 amide bonds. The van der Waals surface area contributed by atoms with Crippen LogP contribution in [0.4, 0.5) is 0 Å². The summed E-state index contributed by atoms with van der Waals surface area (Å²) in [7, 11) is 0. The number of nitrogens with zero attached hydrogens (tertiary/aromatic N) is 1. The van der Waals surface area contributed by atoms with Crippen LogP contribution in [0, 0.1) is 5.92 Å². The van der Waals surface area contributed by atoms with E-state index in [0.29, 0.717) is 12.5 Å². The normalized spacial score (nSPS) is 21.4. The van der Waals surface area contributed by atoms with Crippen molar-refractivity contribution in [1.29, 1.82) is 0 Å². The van der Waals surface area contributed by atoms with Crippen LogP contribution < -0.4 is 4.74 Å². The first kappa shape index (κ1) is 14.9. The second-order valence-corrected chi connectivity index (χ2v) is 5.49. The van der Waals surface area contributed by atoms with Gasteiger partial charge in [-0.2, -0.15) is 0 Å². The third-order valence-electron chi connectivity index (χ3n) is 3.79. The number of piperidine rings is 1. The molecule has 1 aliphatic heterocycles. The molecule has 0 spiro atoms. The molecule has 1 N–H and O–H groups in total. The van der Waals surface area contributed by atoms with Gasteiger partial charge in [0.15, 0.2) is 0 Å².